The Morgan fingerprint density at radius 1 is 0.966 bits per heavy atom. The number of nitrogens with one attached hydrogen (secondary N) is 2. The van der Waals surface area contributed by atoms with Crippen molar-refractivity contribution < 1.29 is 22.7 Å². The molecule has 9 heteroatoms. The molecule has 0 saturated carbocycles. The summed E-state index contributed by atoms with van der Waals surface area (Å²) in [6, 6.07) is 15.2. The Hall–Kier alpha value is -3.17. The second-order valence-corrected chi connectivity index (χ2v) is 8.48. The molecule has 2 aromatic carbocycles. The predicted octanol–water partition coefficient (Wildman–Crippen LogP) is 3.52. The fraction of sp³-hybridized carbons (Fsp3) is 0.100. The number of amides is 2. The second-order valence-electron chi connectivity index (χ2n) is 5.85. The molecule has 0 aliphatic heterocycles. The first-order valence-electron chi connectivity index (χ1n) is 8.64. The summed E-state index contributed by atoms with van der Waals surface area (Å²) < 4.78 is 32.1. The van der Waals surface area contributed by atoms with Crippen molar-refractivity contribution >= 4 is 38.9 Å². The van der Waals surface area contributed by atoms with Crippen LogP contribution in [0, 0.1) is 0 Å². The Balaban J connectivity index is 1.66. The molecule has 0 fully saturated rings. The van der Waals surface area contributed by atoms with Crippen LogP contribution >= 0.6 is 11.3 Å². The Morgan fingerprint density at radius 3 is 2.24 bits per heavy atom. The first-order valence-corrected chi connectivity index (χ1v) is 11.0. The highest BCUT2D eigenvalue weighted by atomic mass is 32.2. The molecule has 29 heavy (non-hydrogen) atoms. The quantitative estimate of drug-likeness (QED) is 0.597. The highest BCUT2D eigenvalue weighted by molar-refractivity contribution is 7.90. The number of hydrogen-bond donors (Lipinski definition) is 2. The van der Waals surface area contributed by atoms with Crippen LogP contribution in [0.4, 0.5) is 5.69 Å². The highest BCUT2D eigenvalue weighted by Crippen LogP contribution is 2.17. The number of anilines is 1. The predicted molar refractivity (Wildman–Crippen MR) is 111 cm³/mol. The lowest BCUT2D eigenvalue weighted by Crippen LogP contribution is -2.30. The van der Waals surface area contributed by atoms with Crippen LogP contribution in [0.25, 0.3) is 0 Å². The van der Waals surface area contributed by atoms with E-state index in [4.69, 9.17) is 4.74 Å². The van der Waals surface area contributed by atoms with E-state index in [1.807, 2.05) is 11.6 Å². The molecule has 0 unspecified atom stereocenters. The van der Waals surface area contributed by atoms with E-state index in [1.54, 1.807) is 17.5 Å². The van der Waals surface area contributed by atoms with Gasteiger partial charge in [-0.2, -0.15) is 0 Å². The van der Waals surface area contributed by atoms with Crippen LogP contribution in [0.2, 0.25) is 0 Å². The van der Waals surface area contributed by atoms with Gasteiger partial charge in [0.1, 0.15) is 5.75 Å². The number of rotatable bonds is 7. The van der Waals surface area contributed by atoms with Gasteiger partial charge in [0.05, 0.1) is 16.4 Å². The molecular formula is C20H18N2O5S2. The van der Waals surface area contributed by atoms with Crippen LogP contribution < -0.4 is 14.8 Å². The third-order valence-corrected chi connectivity index (χ3v) is 6.04. The first-order chi connectivity index (χ1) is 13.9. The lowest BCUT2D eigenvalue weighted by molar-refractivity contribution is 0.0980. The van der Waals surface area contributed by atoms with Crippen molar-refractivity contribution in [1.29, 1.82) is 0 Å². The van der Waals surface area contributed by atoms with Crippen molar-refractivity contribution in [3.63, 3.8) is 0 Å². The molecule has 0 atom stereocenters. The van der Waals surface area contributed by atoms with Gasteiger partial charge in [-0.15, -0.1) is 11.3 Å². The molecule has 0 radical (unpaired) electrons. The van der Waals surface area contributed by atoms with Crippen molar-refractivity contribution in [2.45, 2.75) is 11.8 Å². The largest absolute Gasteiger partial charge is 0.494 e. The number of thiophene rings is 1. The Labute approximate surface area is 172 Å². The summed E-state index contributed by atoms with van der Waals surface area (Å²) in [5.41, 5.74) is 0.642. The van der Waals surface area contributed by atoms with Crippen LogP contribution in [0.1, 0.15) is 27.0 Å². The molecule has 0 spiro atoms. The summed E-state index contributed by atoms with van der Waals surface area (Å²) in [7, 11) is -4.02. The molecule has 1 aromatic heterocycles. The molecule has 7 nitrogen and oxygen atoms in total. The standard InChI is InChI=1S/C20H18N2O5S2/c1-2-27-16-9-11-17(12-10-16)29(25,26)22-19(23)14-5-7-15(8-6-14)21-20(24)18-4-3-13-28-18/h3-13H,2H2,1H3,(H,21,24)(H,22,23). The molecular weight excluding hydrogens is 412 g/mol. The average molecular weight is 431 g/mol. The van der Waals surface area contributed by atoms with E-state index in [0.717, 1.165) is 0 Å². The SMILES string of the molecule is CCOc1ccc(S(=O)(=O)NC(=O)c2ccc(NC(=O)c3cccs3)cc2)cc1. The number of sulfonamides is 1. The smallest absolute Gasteiger partial charge is 0.265 e. The van der Waals surface area contributed by atoms with E-state index in [-0.39, 0.29) is 16.4 Å². The van der Waals surface area contributed by atoms with Crippen molar-refractivity contribution in [2.24, 2.45) is 0 Å². The van der Waals surface area contributed by atoms with E-state index in [0.29, 0.717) is 22.9 Å². The average Bonchev–Trinajstić information content (AvgIpc) is 3.24. The maximum Gasteiger partial charge on any atom is 0.265 e. The molecule has 0 aliphatic carbocycles. The summed E-state index contributed by atoms with van der Waals surface area (Å²) in [5, 5.41) is 4.51. The molecule has 150 valence electrons. The Kier molecular flexibility index (Phi) is 6.30. The molecule has 0 saturated heterocycles. The van der Waals surface area contributed by atoms with Crippen molar-refractivity contribution in [2.75, 3.05) is 11.9 Å². The minimum atomic E-state index is -4.02. The molecule has 2 amide bonds. The zero-order valence-corrected chi connectivity index (χ0v) is 17.0. The molecule has 3 aromatic rings. The van der Waals surface area contributed by atoms with Gasteiger partial charge in [0.2, 0.25) is 0 Å². The van der Waals surface area contributed by atoms with Gasteiger partial charge in [0, 0.05) is 11.3 Å². The molecule has 0 aliphatic rings. The van der Waals surface area contributed by atoms with Gasteiger partial charge < -0.3 is 10.1 Å². The van der Waals surface area contributed by atoms with Crippen LogP contribution in [-0.2, 0) is 10.0 Å². The van der Waals surface area contributed by atoms with E-state index in [2.05, 4.69) is 5.32 Å². The summed E-state index contributed by atoms with van der Waals surface area (Å²) in [5.74, 6) is -0.483. The summed E-state index contributed by atoms with van der Waals surface area (Å²) >= 11 is 1.32. The first kappa shape index (κ1) is 20.6. The maximum absolute atomic E-state index is 12.4. The minimum absolute atomic E-state index is 0.0471. The molecule has 2 N–H and O–H groups in total. The van der Waals surface area contributed by atoms with Gasteiger partial charge in [-0.3, -0.25) is 9.59 Å². The number of ether oxygens (including phenoxy) is 1. The summed E-state index contributed by atoms with van der Waals surface area (Å²) in [4.78, 5) is 24.9. The lowest BCUT2D eigenvalue weighted by Gasteiger charge is -2.09. The van der Waals surface area contributed by atoms with Gasteiger partial charge in [-0.1, -0.05) is 6.07 Å². The summed E-state index contributed by atoms with van der Waals surface area (Å²) in [6.45, 7) is 2.29. The number of carbonyl (C=O) groups is 2. The van der Waals surface area contributed by atoms with E-state index >= 15 is 0 Å². The Morgan fingerprint density at radius 2 is 1.66 bits per heavy atom. The molecule has 0 bridgehead atoms. The minimum Gasteiger partial charge on any atom is -0.494 e. The summed E-state index contributed by atoms with van der Waals surface area (Å²) in [6.07, 6.45) is 0. The van der Waals surface area contributed by atoms with E-state index in [9.17, 15) is 18.0 Å². The monoisotopic (exact) mass is 430 g/mol. The topological polar surface area (TPSA) is 102 Å². The third-order valence-electron chi connectivity index (χ3n) is 3.82. The van der Waals surface area contributed by atoms with Gasteiger partial charge in [-0.25, -0.2) is 13.1 Å². The fourth-order valence-electron chi connectivity index (χ4n) is 2.43. The number of carbonyl (C=O) groups excluding carboxylic acids is 2. The van der Waals surface area contributed by atoms with Crippen molar-refractivity contribution in [3.8, 4) is 5.75 Å². The maximum atomic E-state index is 12.4. The number of hydrogen-bond acceptors (Lipinski definition) is 6. The van der Waals surface area contributed by atoms with Crippen LogP contribution in [-0.4, -0.2) is 26.8 Å². The van der Waals surface area contributed by atoms with Gasteiger partial charge in [0.25, 0.3) is 21.8 Å². The molecule has 1 heterocycles. The lowest BCUT2D eigenvalue weighted by atomic mass is 10.2. The van der Waals surface area contributed by atoms with Gasteiger partial charge in [0.15, 0.2) is 0 Å². The normalized spacial score (nSPS) is 10.9. The third kappa shape index (κ3) is 5.21. The highest BCUT2D eigenvalue weighted by Gasteiger charge is 2.19. The number of benzene rings is 2. The van der Waals surface area contributed by atoms with E-state index < -0.39 is 15.9 Å². The second kappa shape index (κ2) is 8.89. The van der Waals surface area contributed by atoms with Crippen LogP contribution in [0.15, 0.2) is 70.9 Å². The van der Waals surface area contributed by atoms with E-state index in [1.165, 1.54) is 59.9 Å². The van der Waals surface area contributed by atoms with Crippen LogP contribution in [0.5, 0.6) is 5.75 Å². The zero-order valence-electron chi connectivity index (χ0n) is 15.4. The van der Waals surface area contributed by atoms with Gasteiger partial charge in [-0.05, 0) is 66.9 Å². The van der Waals surface area contributed by atoms with Gasteiger partial charge >= 0.3 is 0 Å². The zero-order chi connectivity index (χ0) is 20.9. The Bertz CT molecular complexity index is 1090. The fourth-order valence-corrected chi connectivity index (χ4v) is 4.02. The van der Waals surface area contributed by atoms with Crippen molar-refractivity contribution in [3.05, 3.63) is 76.5 Å². The van der Waals surface area contributed by atoms with Crippen molar-refractivity contribution in [1.82, 2.24) is 4.72 Å². The molecule has 3 rings (SSSR count). The van der Waals surface area contributed by atoms with Crippen LogP contribution in [0.3, 0.4) is 0 Å².